The minimum absolute atomic E-state index is 0.0515. The Kier molecular flexibility index (Phi) is 5.61. The Morgan fingerprint density at radius 1 is 0.963 bits per heavy atom. The van der Waals surface area contributed by atoms with Crippen molar-refractivity contribution in [2.75, 3.05) is 0 Å². The third-order valence-electron chi connectivity index (χ3n) is 4.51. The van der Waals surface area contributed by atoms with Crippen LogP contribution in [-0.2, 0) is 4.79 Å². The van der Waals surface area contributed by atoms with Gasteiger partial charge in [0.15, 0.2) is 0 Å². The van der Waals surface area contributed by atoms with E-state index in [1.54, 1.807) is 0 Å². The summed E-state index contributed by atoms with van der Waals surface area (Å²) in [7, 11) is 0. The van der Waals surface area contributed by atoms with Gasteiger partial charge in [-0.25, -0.2) is 0 Å². The average molecular weight is 378 g/mol. The fourth-order valence-corrected chi connectivity index (χ4v) is 4.18. The van der Waals surface area contributed by atoms with E-state index in [2.05, 4.69) is 75.5 Å². The first kappa shape index (κ1) is 19.5. The zero-order chi connectivity index (χ0) is 19.6. The van der Waals surface area contributed by atoms with Gasteiger partial charge in [-0.1, -0.05) is 92.7 Å². The minimum atomic E-state index is -0.119. The summed E-state index contributed by atoms with van der Waals surface area (Å²) in [5.41, 5.74) is 6.33. The highest BCUT2D eigenvalue weighted by atomic mass is 32.2. The van der Waals surface area contributed by atoms with Crippen molar-refractivity contribution in [3.63, 3.8) is 0 Å². The van der Waals surface area contributed by atoms with Crippen molar-refractivity contribution < 1.29 is 4.79 Å². The molecule has 1 N–H and O–H groups in total. The van der Waals surface area contributed by atoms with Gasteiger partial charge in [0.25, 0.3) is 0 Å². The number of hydrogen-bond acceptors (Lipinski definition) is 3. The van der Waals surface area contributed by atoms with Crippen molar-refractivity contribution in [3.05, 3.63) is 88.6 Å². The normalized spacial score (nSPS) is 17.4. The SMILES string of the molecule is CC1=C(C(=O)SC(C)(C)C)C(c2ccc(C)cc2)C=C(c2ccccc2)N1. The van der Waals surface area contributed by atoms with E-state index < -0.39 is 0 Å². The smallest absolute Gasteiger partial charge is 0.218 e. The summed E-state index contributed by atoms with van der Waals surface area (Å²) in [6, 6.07) is 18.8. The molecule has 0 aliphatic carbocycles. The van der Waals surface area contributed by atoms with Gasteiger partial charge in [0.2, 0.25) is 5.12 Å². The molecule has 0 spiro atoms. The fraction of sp³-hybridized carbons (Fsp3) is 0.292. The monoisotopic (exact) mass is 377 g/mol. The Morgan fingerprint density at radius 2 is 1.59 bits per heavy atom. The van der Waals surface area contributed by atoms with Crippen LogP contribution < -0.4 is 5.32 Å². The van der Waals surface area contributed by atoms with Gasteiger partial charge in [-0.2, -0.15) is 0 Å². The number of dihydropyridines is 1. The minimum Gasteiger partial charge on any atom is -0.358 e. The highest BCUT2D eigenvalue weighted by Gasteiger charge is 2.30. The molecular formula is C24H27NOS. The Morgan fingerprint density at radius 3 is 2.19 bits per heavy atom. The number of nitrogens with one attached hydrogen (secondary N) is 1. The molecule has 1 atom stereocenters. The van der Waals surface area contributed by atoms with Crippen molar-refractivity contribution in [1.29, 1.82) is 0 Å². The molecule has 0 aromatic heterocycles. The molecular weight excluding hydrogens is 350 g/mol. The fourth-order valence-electron chi connectivity index (χ4n) is 3.23. The maximum absolute atomic E-state index is 13.2. The number of carbonyl (C=O) groups is 1. The summed E-state index contributed by atoms with van der Waals surface area (Å²) < 4.78 is -0.119. The maximum Gasteiger partial charge on any atom is 0.218 e. The number of rotatable bonds is 3. The van der Waals surface area contributed by atoms with E-state index in [9.17, 15) is 4.79 Å². The van der Waals surface area contributed by atoms with Crippen LogP contribution in [0.5, 0.6) is 0 Å². The van der Waals surface area contributed by atoms with Gasteiger partial charge in [0.1, 0.15) is 0 Å². The second-order valence-corrected chi connectivity index (χ2v) is 9.80. The molecule has 3 heteroatoms. The first-order valence-corrected chi connectivity index (χ1v) is 10.1. The van der Waals surface area contributed by atoms with Crippen LogP contribution in [0.3, 0.4) is 0 Å². The van der Waals surface area contributed by atoms with E-state index in [-0.39, 0.29) is 15.8 Å². The molecule has 0 amide bonds. The van der Waals surface area contributed by atoms with E-state index in [1.165, 1.54) is 17.3 Å². The topological polar surface area (TPSA) is 29.1 Å². The molecule has 0 saturated carbocycles. The highest BCUT2D eigenvalue weighted by Crippen LogP contribution is 2.39. The van der Waals surface area contributed by atoms with E-state index in [1.807, 2.05) is 25.1 Å². The predicted octanol–water partition coefficient (Wildman–Crippen LogP) is 6.06. The van der Waals surface area contributed by atoms with Crippen LogP contribution in [0.2, 0.25) is 0 Å². The lowest BCUT2D eigenvalue weighted by Crippen LogP contribution is -2.25. The summed E-state index contributed by atoms with van der Waals surface area (Å²) in [5, 5.41) is 3.61. The molecule has 2 aromatic carbocycles. The quantitative estimate of drug-likeness (QED) is 0.705. The van der Waals surface area contributed by atoms with Crippen molar-refractivity contribution in [3.8, 4) is 0 Å². The Bertz CT molecular complexity index is 886. The van der Waals surface area contributed by atoms with E-state index in [0.29, 0.717) is 0 Å². The van der Waals surface area contributed by atoms with Gasteiger partial charge >= 0.3 is 0 Å². The number of carbonyl (C=O) groups excluding carboxylic acids is 1. The van der Waals surface area contributed by atoms with E-state index in [4.69, 9.17) is 0 Å². The van der Waals surface area contributed by atoms with E-state index >= 15 is 0 Å². The van der Waals surface area contributed by atoms with Gasteiger partial charge in [0, 0.05) is 27.6 Å². The molecule has 1 aliphatic heterocycles. The molecule has 0 bridgehead atoms. The highest BCUT2D eigenvalue weighted by molar-refractivity contribution is 8.15. The number of hydrogen-bond donors (Lipinski definition) is 1. The molecule has 1 aliphatic rings. The number of benzene rings is 2. The molecule has 2 nitrogen and oxygen atoms in total. The first-order valence-electron chi connectivity index (χ1n) is 9.29. The molecule has 2 aromatic rings. The summed E-state index contributed by atoms with van der Waals surface area (Å²) in [6.07, 6.45) is 2.18. The van der Waals surface area contributed by atoms with Gasteiger partial charge in [-0.15, -0.1) is 0 Å². The number of thioether (sulfide) groups is 1. The summed E-state index contributed by atoms with van der Waals surface area (Å²) >= 11 is 1.40. The van der Waals surface area contributed by atoms with Gasteiger partial charge in [0.05, 0.1) is 0 Å². The lowest BCUT2D eigenvalue weighted by Gasteiger charge is -2.29. The lowest BCUT2D eigenvalue weighted by molar-refractivity contribution is -0.108. The predicted molar refractivity (Wildman–Crippen MR) is 117 cm³/mol. The zero-order valence-electron chi connectivity index (χ0n) is 16.7. The van der Waals surface area contributed by atoms with E-state index in [0.717, 1.165) is 28.1 Å². The molecule has 1 unspecified atom stereocenters. The van der Waals surface area contributed by atoms with Crippen LogP contribution >= 0.6 is 11.8 Å². The van der Waals surface area contributed by atoms with Gasteiger partial charge in [-0.3, -0.25) is 4.79 Å². The third-order valence-corrected chi connectivity index (χ3v) is 5.53. The van der Waals surface area contributed by atoms with Crippen molar-refractivity contribution in [1.82, 2.24) is 5.32 Å². The van der Waals surface area contributed by atoms with Crippen molar-refractivity contribution in [2.45, 2.75) is 45.3 Å². The molecule has 140 valence electrons. The molecule has 0 fully saturated rings. The number of allylic oxidation sites excluding steroid dienone is 2. The first-order chi connectivity index (χ1) is 12.7. The number of aryl methyl sites for hydroxylation is 1. The second-order valence-electron chi connectivity index (χ2n) is 8.00. The third kappa shape index (κ3) is 4.72. The van der Waals surface area contributed by atoms with Crippen LogP contribution in [-0.4, -0.2) is 9.86 Å². The molecule has 0 radical (unpaired) electrons. The largest absolute Gasteiger partial charge is 0.358 e. The lowest BCUT2D eigenvalue weighted by atomic mass is 9.86. The molecule has 0 saturated heterocycles. The van der Waals surface area contributed by atoms with Crippen molar-refractivity contribution >= 4 is 22.6 Å². The summed E-state index contributed by atoms with van der Waals surface area (Å²) in [6.45, 7) is 10.3. The second kappa shape index (κ2) is 7.77. The zero-order valence-corrected chi connectivity index (χ0v) is 17.5. The van der Waals surface area contributed by atoms with Crippen LogP contribution in [0, 0.1) is 6.92 Å². The summed E-state index contributed by atoms with van der Waals surface area (Å²) in [5.74, 6) is -0.0515. The van der Waals surface area contributed by atoms with Crippen LogP contribution in [0.15, 0.2) is 71.9 Å². The Balaban J connectivity index is 2.06. The standard InChI is InChI=1S/C24H27NOS/c1-16-11-13-18(14-12-16)20-15-21(19-9-7-6-8-10-19)25-17(2)22(20)23(26)27-24(3,4)5/h6-15,20,25H,1-5H3. The van der Waals surface area contributed by atoms with Gasteiger partial charge < -0.3 is 5.32 Å². The Labute approximate surface area is 166 Å². The van der Waals surface area contributed by atoms with Crippen LogP contribution in [0.4, 0.5) is 0 Å². The molecule has 3 rings (SSSR count). The molecule has 27 heavy (non-hydrogen) atoms. The Hall–Kier alpha value is -2.26. The van der Waals surface area contributed by atoms with Crippen LogP contribution in [0.1, 0.15) is 50.3 Å². The van der Waals surface area contributed by atoms with Crippen molar-refractivity contribution in [2.24, 2.45) is 0 Å². The summed E-state index contributed by atoms with van der Waals surface area (Å²) in [4.78, 5) is 13.2. The van der Waals surface area contributed by atoms with Crippen LogP contribution in [0.25, 0.3) is 5.70 Å². The average Bonchev–Trinajstić information content (AvgIpc) is 2.61. The maximum atomic E-state index is 13.2. The molecule has 1 heterocycles. The van der Waals surface area contributed by atoms with Gasteiger partial charge in [-0.05, 0) is 31.1 Å².